The molecule has 86 valence electrons. The Morgan fingerprint density at radius 1 is 1.62 bits per heavy atom. The highest BCUT2D eigenvalue weighted by Crippen LogP contribution is 2.39. The Balaban J connectivity index is 1.65. The van der Waals surface area contributed by atoms with E-state index in [9.17, 15) is 4.79 Å². The second-order valence-corrected chi connectivity index (χ2v) is 5.78. The van der Waals surface area contributed by atoms with E-state index in [0.717, 1.165) is 30.0 Å². The molecule has 0 saturated carbocycles. The fraction of sp³-hybridized carbons (Fsp3) is 0.667. The second kappa shape index (κ2) is 3.93. The number of nitrogens with zero attached hydrogens (tertiary/aromatic N) is 1. The number of Topliss-reactive ketones (excluding diaryl/α,β-unsaturated/α-hetero) is 1. The van der Waals surface area contributed by atoms with Gasteiger partial charge < -0.3 is 4.74 Å². The molecule has 1 aromatic heterocycles. The predicted molar refractivity (Wildman–Crippen MR) is 61.6 cm³/mol. The van der Waals surface area contributed by atoms with Gasteiger partial charge in [0.2, 0.25) is 0 Å². The molecular formula is C12H15NO2S. The normalized spacial score (nSPS) is 32.2. The minimum Gasteiger partial charge on any atom is -0.374 e. The van der Waals surface area contributed by atoms with Gasteiger partial charge in [-0.3, -0.25) is 4.79 Å². The van der Waals surface area contributed by atoms with Crippen LogP contribution in [0.3, 0.4) is 0 Å². The molecule has 4 heteroatoms. The van der Waals surface area contributed by atoms with Gasteiger partial charge in [0.15, 0.2) is 0 Å². The highest BCUT2D eigenvalue weighted by atomic mass is 32.1. The van der Waals surface area contributed by atoms with Gasteiger partial charge in [0, 0.05) is 17.7 Å². The minimum absolute atomic E-state index is 0.140. The number of rotatable bonds is 3. The van der Waals surface area contributed by atoms with Gasteiger partial charge in [-0.15, -0.1) is 11.3 Å². The summed E-state index contributed by atoms with van der Waals surface area (Å²) in [5.74, 6) is 0.457. The van der Waals surface area contributed by atoms with Gasteiger partial charge in [-0.05, 0) is 26.2 Å². The lowest BCUT2D eigenvalue weighted by atomic mass is 9.85. The van der Waals surface area contributed by atoms with Crippen LogP contribution in [0.5, 0.6) is 0 Å². The number of carbonyl (C=O) groups is 1. The molecule has 2 aliphatic rings. The molecule has 16 heavy (non-hydrogen) atoms. The maximum atomic E-state index is 12.1. The van der Waals surface area contributed by atoms with Crippen molar-refractivity contribution in [2.24, 2.45) is 5.92 Å². The first-order valence-electron chi connectivity index (χ1n) is 5.81. The van der Waals surface area contributed by atoms with Crippen molar-refractivity contribution in [3.63, 3.8) is 0 Å². The Labute approximate surface area is 98.8 Å². The molecule has 2 saturated heterocycles. The van der Waals surface area contributed by atoms with Crippen LogP contribution in [-0.4, -0.2) is 23.0 Å². The molecule has 3 atom stereocenters. The van der Waals surface area contributed by atoms with Crippen LogP contribution in [0.25, 0.3) is 0 Å². The van der Waals surface area contributed by atoms with Crippen LogP contribution >= 0.6 is 11.3 Å². The first kappa shape index (κ1) is 10.4. The first-order chi connectivity index (χ1) is 7.72. The molecule has 0 amide bonds. The lowest BCUT2D eigenvalue weighted by molar-refractivity contribution is -0.123. The van der Waals surface area contributed by atoms with E-state index in [-0.39, 0.29) is 12.0 Å². The molecule has 0 aliphatic carbocycles. The van der Waals surface area contributed by atoms with Crippen molar-refractivity contribution in [1.29, 1.82) is 0 Å². The number of ether oxygens (including phenoxy) is 1. The van der Waals surface area contributed by atoms with Crippen molar-refractivity contribution in [1.82, 2.24) is 4.98 Å². The molecule has 3 heterocycles. The van der Waals surface area contributed by atoms with Gasteiger partial charge in [0.25, 0.3) is 0 Å². The number of aryl methyl sites for hydroxylation is 1. The van der Waals surface area contributed by atoms with Crippen molar-refractivity contribution in [3.8, 4) is 0 Å². The standard InChI is InChI=1S/C12H15NO2S/c1-7-13-8(6-16-7)4-11(14)10-5-9-2-3-12(10)15-9/h6,9-10,12H,2-5H2,1H3. The van der Waals surface area contributed by atoms with E-state index in [1.54, 1.807) is 11.3 Å². The number of fused-ring (bicyclic) bond motifs is 2. The number of thiazole rings is 1. The Morgan fingerprint density at radius 2 is 2.50 bits per heavy atom. The quantitative estimate of drug-likeness (QED) is 0.808. The Bertz CT molecular complexity index is 415. The lowest BCUT2D eigenvalue weighted by Crippen LogP contribution is -2.26. The molecule has 0 N–H and O–H groups in total. The van der Waals surface area contributed by atoms with Gasteiger partial charge in [0.05, 0.1) is 22.9 Å². The Hall–Kier alpha value is -0.740. The zero-order chi connectivity index (χ0) is 11.1. The molecule has 3 rings (SSSR count). The van der Waals surface area contributed by atoms with Crippen LogP contribution < -0.4 is 0 Å². The maximum Gasteiger partial charge on any atom is 0.144 e. The van der Waals surface area contributed by atoms with Crippen molar-refractivity contribution in [2.45, 2.75) is 44.8 Å². The molecule has 0 radical (unpaired) electrons. The fourth-order valence-corrected chi connectivity index (χ4v) is 3.39. The smallest absolute Gasteiger partial charge is 0.144 e. The number of ketones is 1. The fourth-order valence-electron chi connectivity index (χ4n) is 2.78. The summed E-state index contributed by atoms with van der Waals surface area (Å²) < 4.78 is 5.71. The average Bonchev–Trinajstić information content (AvgIpc) is 2.93. The Morgan fingerprint density at radius 3 is 3.06 bits per heavy atom. The summed E-state index contributed by atoms with van der Waals surface area (Å²) in [6.07, 6.45) is 4.20. The van der Waals surface area contributed by atoms with Crippen molar-refractivity contribution < 1.29 is 9.53 Å². The molecule has 0 aromatic carbocycles. The van der Waals surface area contributed by atoms with E-state index >= 15 is 0 Å². The summed E-state index contributed by atoms with van der Waals surface area (Å²) in [4.78, 5) is 16.4. The van der Waals surface area contributed by atoms with Gasteiger partial charge in [-0.25, -0.2) is 4.98 Å². The van der Waals surface area contributed by atoms with Crippen LogP contribution in [0.2, 0.25) is 0 Å². The summed E-state index contributed by atoms with van der Waals surface area (Å²) in [6.45, 7) is 1.97. The molecule has 3 unspecified atom stereocenters. The number of carbonyl (C=O) groups excluding carboxylic acids is 1. The third-order valence-corrected chi connectivity index (χ3v) is 4.36. The average molecular weight is 237 g/mol. The molecule has 2 aliphatic heterocycles. The Kier molecular flexibility index (Phi) is 2.56. The number of hydrogen-bond acceptors (Lipinski definition) is 4. The third kappa shape index (κ3) is 1.80. The highest BCUT2D eigenvalue weighted by Gasteiger charge is 2.43. The predicted octanol–water partition coefficient (Wildman–Crippen LogP) is 2.13. The molecule has 1 aromatic rings. The largest absolute Gasteiger partial charge is 0.374 e. The molecule has 0 spiro atoms. The molecule has 3 nitrogen and oxygen atoms in total. The second-order valence-electron chi connectivity index (χ2n) is 4.72. The monoisotopic (exact) mass is 237 g/mol. The van der Waals surface area contributed by atoms with Gasteiger partial charge in [-0.1, -0.05) is 0 Å². The van der Waals surface area contributed by atoms with E-state index in [1.165, 1.54) is 0 Å². The first-order valence-corrected chi connectivity index (χ1v) is 6.69. The highest BCUT2D eigenvalue weighted by molar-refractivity contribution is 7.09. The van der Waals surface area contributed by atoms with Crippen LogP contribution in [0.1, 0.15) is 30.0 Å². The van der Waals surface area contributed by atoms with E-state index in [4.69, 9.17) is 4.74 Å². The topological polar surface area (TPSA) is 39.2 Å². The molecular weight excluding hydrogens is 222 g/mol. The number of aromatic nitrogens is 1. The third-order valence-electron chi connectivity index (χ3n) is 3.54. The van der Waals surface area contributed by atoms with E-state index in [2.05, 4.69) is 4.98 Å². The van der Waals surface area contributed by atoms with E-state index in [1.807, 2.05) is 12.3 Å². The van der Waals surface area contributed by atoms with E-state index in [0.29, 0.717) is 18.3 Å². The summed E-state index contributed by atoms with van der Waals surface area (Å²) >= 11 is 1.61. The van der Waals surface area contributed by atoms with Crippen LogP contribution in [-0.2, 0) is 16.0 Å². The summed E-state index contributed by atoms with van der Waals surface area (Å²) in [6, 6.07) is 0. The molecule has 2 fully saturated rings. The van der Waals surface area contributed by atoms with Gasteiger partial charge in [-0.2, -0.15) is 0 Å². The number of hydrogen-bond donors (Lipinski definition) is 0. The van der Waals surface area contributed by atoms with Crippen LogP contribution in [0.4, 0.5) is 0 Å². The van der Waals surface area contributed by atoms with Crippen LogP contribution in [0.15, 0.2) is 5.38 Å². The maximum absolute atomic E-state index is 12.1. The molecule has 2 bridgehead atoms. The van der Waals surface area contributed by atoms with Gasteiger partial charge in [0.1, 0.15) is 5.78 Å². The summed E-state index contributed by atoms with van der Waals surface area (Å²) in [5, 5.41) is 3.02. The van der Waals surface area contributed by atoms with Crippen molar-refractivity contribution in [3.05, 3.63) is 16.1 Å². The van der Waals surface area contributed by atoms with Crippen molar-refractivity contribution in [2.75, 3.05) is 0 Å². The van der Waals surface area contributed by atoms with Crippen molar-refractivity contribution >= 4 is 17.1 Å². The van der Waals surface area contributed by atoms with Crippen LogP contribution in [0, 0.1) is 12.8 Å². The van der Waals surface area contributed by atoms with Gasteiger partial charge >= 0.3 is 0 Å². The lowest BCUT2D eigenvalue weighted by Gasteiger charge is -2.16. The SMILES string of the molecule is Cc1nc(CC(=O)C2CC3CCC2O3)cs1. The summed E-state index contributed by atoms with van der Waals surface area (Å²) in [7, 11) is 0. The minimum atomic E-state index is 0.140. The summed E-state index contributed by atoms with van der Waals surface area (Å²) in [5.41, 5.74) is 0.926. The zero-order valence-corrected chi connectivity index (χ0v) is 10.1. The zero-order valence-electron chi connectivity index (χ0n) is 9.31. The van der Waals surface area contributed by atoms with E-state index < -0.39 is 0 Å².